The second-order valence-corrected chi connectivity index (χ2v) is 7.06. The lowest BCUT2D eigenvalue weighted by molar-refractivity contribution is 0.191. The Bertz CT molecular complexity index is 816. The van der Waals surface area contributed by atoms with Crippen LogP contribution in [0.3, 0.4) is 0 Å². The molecule has 28 heavy (non-hydrogen) atoms. The van der Waals surface area contributed by atoms with Crippen molar-refractivity contribution in [2.45, 2.75) is 19.9 Å². The topological polar surface area (TPSA) is 54.0 Å². The molecule has 0 aromatic heterocycles. The van der Waals surface area contributed by atoms with Crippen LogP contribution in [0.5, 0.6) is 11.5 Å². The third-order valence-corrected chi connectivity index (χ3v) is 5.18. The first kappa shape index (κ1) is 19.9. The molecule has 0 aliphatic carbocycles. The summed E-state index contributed by atoms with van der Waals surface area (Å²) in [5.41, 5.74) is 3.20. The Labute approximate surface area is 167 Å². The number of methoxy groups -OCH3 is 2. The van der Waals surface area contributed by atoms with Crippen molar-refractivity contribution < 1.29 is 14.3 Å². The minimum atomic E-state index is -0.130. The number of para-hydroxylation sites is 2. The van der Waals surface area contributed by atoms with Gasteiger partial charge in [0.15, 0.2) is 0 Å². The van der Waals surface area contributed by atoms with Gasteiger partial charge < -0.3 is 24.6 Å². The highest BCUT2D eigenvalue weighted by atomic mass is 16.5. The van der Waals surface area contributed by atoms with Gasteiger partial charge >= 0.3 is 6.03 Å². The van der Waals surface area contributed by atoms with Gasteiger partial charge in [0.25, 0.3) is 0 Å². The highest BCUT2D eigenvalue weighted by molar-refractivity contribution is 5.75. The molecule has 1 N–H and O–H groups in total. The number of anilines is 1. The maximum atomic E-state index is 12.8. The summed E-state index contributed by atoms with van der Waals surface area (Å²) in [6.07, 6.45) is 0. The monoisotopic (exact) mass is 383 g/mol. The molecule has 1 aliphatic heterocycles. The van der Waals surface area contributed by atoms with Gasteiger partial charge in [0.2, 0.25) is 0 Å². The lowest BCUT2D eigenvalue weighted by Crippen LogP contribution is -2.52. The molecule has 1 heterocycles. The largest absolute Gasteiger partial charge is 0.496 e. The van der Waals surface area contributed by atoms with Crippen LogP contribution in [0.4, 0.5) is 10.5 Å². The molecule has 2 aromatic rings. The SMILES string of the molecule is COc1ccc(C)cc1C(C)NC(=O)N1CCN(c2ccccc2OC)CC1. The first-order valence-corrected chi connectivity index (χ1v) is 9.61. The van der Waals surface area contributed by atoms with Crippen molar-refractivity contribution in [2.75, 3.05) is 45.3 Å². The van der Waals surface area contributed by atoms with Crippen LogP contribution in [-0.4, -0.2) is 51.3 Å². The third-order valence-electron chi connectivity index (χ3n) is 5.18. The van der Waals surface area contributed by atoms with Crippen LogP contribution in [0.15, 0.2) is 42.5 Å². The Morgan fingerprint density at radius 3 is 2.36 bits per heavy atom. The zero-order chi connectivity index (χ0) is 20.1. The summed E-state index contributed by atoms with van der Waals surface area (Å²) in [4.78, 5) is 16.9. The van der Waals surface area contributed by atoms with E-state index in [4.69, 9.17) is 9.47 Å². The molecule has 0 saturated carbocycles. The predicted molar refractivity (Wildman–Crippen MR) is 111 cm³/mol. The number of ether oxygens (including phenoxy) is 2. The number of nitrogens with zero attached hydrogens (tertiary/aromatic N) is 2. The van der Waals surface area contributed by atoms with E-state index < -0.39 is 0 Å². The number of piperazine rings is 1. The zero-order valence-electron chi connectivity index (χ0n) is 17.1. The Kier molecular flexibility index (Phi) is 6.29. The van der Waals surface area contributed by atoms with Gasteiger partial charge in [-0.15, -0.1) is 0 Å². The molecular weight excluding hydrogens is 354 g/mol. The van der Waals surface area contributed by atoms with E-state index in [0.717, 1.165) is 41.4 Å². The van der Waals surface area contributed by atoms with Crippen molar-refractivity contribution >= 4 is 11.7 Å². The molecule has 6 heteroatoms. The molecule has 1 fully saturated rings. The van der Waals surface area contributed by atoms with Crippen LogP contribution in [0, 0.1) is 6.92 Å². The van der Waals surface area contributed by atoms with Crippen LogP contribution in [0.25, 0.3) is 0 Å². The molecule has 0 radical (unpaired) electrons. The van der Waals surface area contributed by atoms with Crippen molar-refractivity contribution in [1.82, 2.24) is 10.2 Å². The van der Waals surface area contributed by atoms with Gasteiger partial charge in [-0.2, -0.15) is 0 Å². The maximum Gasteiger partial charge on any atom is 0.317 e. The lowest BCUT2D eigenvalue weighted by Gasteiger charge is -2.37. The number of hydrogen-bond acceptors (Lipinski definition) is 4. The van der Waals surface area contributed by atoms with Crippen LogP contribution < -0.4 is 19.7 Å². The number of rotatable bonds is 5. The van der Waals surface area contributed by atoms with Gasteiger partial charge in [0.1, 0.15) is 11.5 Å². The summed E-state index contributed by atoms with van der Waals surface area (Å²) < 4.78 is 10.9. The van der Waals surface area contributed by atoms with E-state index in [1.807, 2.05) is 49.1 Å². The molecule has 1 aliphatic rings. The first-order valence-electron chi connectivity index (χ1n) is 9.61. The van der Waals surface area contributed by atoms with Gasteiger partial charge in [0.05, 0.1) is 25.9 Å². The molecule has 2 amide bonds. The number of carbonyl (C=O) groups is 1. The minimum absolute atomic E-state index is 0.0456. The zero-order valence-corrected chi connectivity index (χ0v) is 17.1. The minimum Gasteiger partial charge on any atom is -0.496 e. The molecule has 0 bridgehead atoms. The van der Waals surface area contributed by atoms with E-state index in [1.165, 1.54) is 0 Å². The lowest BCUT2D eigenvalue weighted by atomic mass is 10.0. The normalized spacial score (nSPS) is 15.1. The van der Waals surface area contributed by atoms with E-state index >= 15 is 0 Å². The summed E-state index contributed by atoms with van der Waals surface area (Å²) in [6, 6.07) is 13.8. The standard InChI is InChI=1S/C22H29N3O3/c1-16-9-10-20(27-3)18(15-16)17(2)23-22(26)25-13-11-24(12-14-25)19-7-5-6-8-21(19)28-4/h5-10,15,17H,11-14H2,1-4H3,(H,23,26). The highest BCUT2D eigenvalue weighted by Gasteiger charge is 2.24. The molecule has 1 saturated heterocycles. The van der Waals surface area contributed by atoms with Crippen molar-refractivity contribution in [3.8, 4) is 11.5 Å². The first-order chi connectivity index (χ1) is 13.5. The van der Waals surface area contributed by atoms with E-state index in [2.05, 4.69) is 22.3 Å². The van der Waals surface area contributed by atoms with Crippen molar-refractivity contribution in [3.63, 3.8) is 0 Å². The molecule has 6 nitrogen and oxygen atoms in total. The summed E-state index contributed by atoms with van der Waals surface area (Å²) in [7, 11) is 3.34. The Morgan fingerprint density at radius 2 is 1.68 bits per heavy atom. The van der Waals surface area contributed by atoms with Crippen LogP contribution >= 0.6 is 0 Å². The number of benzene rings is 2. The fraction of sp³-hybridized carbons (Fsp3) is 0.409. The smallest absolute Gasteiger partial charge is 0.317 e. The molecule has 1 atom stereocenters. The predicted octanol–water partition coefficient (Wildman–Crippen LogP) is 3.61. The molecular formula is C22H29N3O3. The summed E-state index contributed by atoms with van der Waals surface area (Å²) in [6.45, 7) is 6.91. The molecule has 3 rings (SSSR count). The van der Waals surface area contributed by atoms with E-state index in [-0.39, 0.29) is 12.1 Å². The second kappa shape index (κ2) is 8.87. The number of aryl methyl sites for hydroxylation is 1. The number of amides is 2. The molecule has 0 spiro atoms. The Hall–Kier alpha value is -2.89. The summed E-state index contributed by atoms with van der Waals surface area (Å²) in [5.74, 6) is 1.65. The Balaban J connectivity index is 1.60. The number of urea groups is 1. The summed E-state index contributed by atoms with van der Waals surface area (Å²) in [5, 5.41) is 3.11. The summed E-state index contributed by atoms with van der Waals surface area (Å²) >= 11 is 0. The maximum absolute atomic E-state index is 12.8. The molecule has 150 valence electrons. The van der Waals surface area contributed by atoms with Gasteiger partial charge in [-0.1, -0.05) is 29.8 Å². The fourth-order valence-corrected chi connectivity index (χ4v) is 3.59. The average molecular weight is 383 g/mol. The highest BCUT2D eigenvalue weighted by Crippen LogP contribution is 2.29. The van der Waals surface area contributed by atoms with Gasteiger partial charge in [-0.25, -0.2) is 4.79 Å². The quantitative estimate of drug-likeness (QED) is 0.857. The van der Waals surface area contributed by atoms with Crippen molar-refractivity contribution in [3.05, 3.63) is 53.6 Å². The second-order valence-electron chi connectivity index (χ2n) is 7.06. The van der Waals surface area contributed by atoms with Crippen molar-refractivity contribution in [1.29, 1.82) is 0 Å². The third kappa shape index (κ3) is 4.32. The number of hydrogen-bond donors (Lipinski definition) is 1. The average Bonchev–Trinajstić information content (AvgIpc) is 2.73. The van der Waals surface area contributed by atoms with Gasteiger partial charge in [-0.05, 0) is 32.0 Å². The van der Waals surface area contributed by atoms with Gasteiger partial charge in [-0.3, -0.25) is 0 Å². The van der Waals surface area contributed by atoms with Crippen molar-refractivity contribution in [2.24, 2.45) is 0 Å². The van der Waals surface area contributed by atoms with Gasteiger partial charge in [0, 0.05) is 31.7 Å². The Morgan fingerprint density at radius 1 is 1.00 bits per heavy atom. The van der Waals surface area contributed by atoms with Crippen LogP contribution in [0.2, 0.25) is 0 Å². The molecule has 2 aromatic carbocycles. The van der Waals surface area contributed by atoms with E-state index in [9.17, 15) is 4.79 Å². The fourth-order valence-electron chi connectivity index (χ4n) is 3.59. The van der Waals surface area contributed by atoms with Crippen LogP contribution in [0.1, 0.15) is 24.1 Å². The molecule has 1 unspecified atom stereocenters. The number of nitrogens with one attached hydrogen (secondary N) is 1. The van der Waals surface area contributed by atoms with Crippen LogP contribution in [-0.2, 0) is 0 Å². The van der Waals surface area contributed by atoms with E-state index in [1.54, 1.807) is 14.2 Å². The van der Waals surface area contributed by atoms with E-state index in [0.29, 0.717) is 13.1 Å². The number of carbonyl (C=O) groups excluding carboxylic acids is 1.